The smallest absolute Gasteiger partial charge is 0.238 e. The third-order valence-electron chi connectivity index (χ3n) is 9.56. The Hall–Kier alpha value is -6.85. The fourth-order valence-electron chi connectivity index (χ4n) is 7.43. The van der Waals surface area contributed by atoms with Crippen molar-refractivity contribution >= 4 is 43.6 Å². The largest absolute Gasteiger partial charge is 0.309 e. The van der Waals surface area contributed by atoms with E-state index in [2.05, 4.69) is 149 Å². The number of fused-ring (bicyclic) bond motifs is 6. The van der Waals surface area contributed by atoms with Crippen LogP contribution in [-0.4, -0.2) is 24.1 Å². The van der Waals surface area contributed by atoms with Gasteiger partial charge >= 0.3 is 0 Å². The van der Waals surface area contributed by atoms with E-state index in [1.165, 1.54) is 16.3 Å². The quantitative estimate of drug-likeness (QED) is 0.188. The number of aromatic nitrogens is 5. The van der Waals surface area contributed by atoms with Gasteiger partial charge in [0.2, 0.25) is 5.95 Å². The molecular weight excluding hydrogens is 611 g/mol. The van der Waals surface area contributed by atoms with E-state index < -0.39 is 0 Å². The summed E-state index contributed by atoms with van der Waals surface area (Å²) in [6.07, 6.45) is 0. The molecule has 0 N–H and O–H groups in total. The lowest BCUT2D eigenvalue weighted by atomic mass is 9.94. The molecule has 0 fully saturated rings. The van der Waals surface area contributed by atoms with Crippen molar-refractivity contribution in [2.24, 2.45) is 0 Å². The van der Waals surface area contributed by atoms with Crippen molar-refractivity contribution in [1.29, 1.82) is 0 Å². The predicted molar refractivity (Wildman–Crippen MR) is 205 cm³/mol. The first kappa shape index (κ1) is 28.2. The molecule has 0 saturated carbocycles. The Bertz CT molecular complexity index is 2780. The number of hydrogen-bond donors (Lipinski definition) is 0. The summed E-state index contributed by atoms with van der Waals surface area (Å²) < 4.78 is 4.61. The van der Waals surface area contributed by atoms with Crippen LogP contribution in [0.25, 0.3) is 89.2 Å². The highest BCUT2D eigenvalue weighted by molar-refractivity contribution is 6.28. The van der Waals surface area contributed by atoms with Crippen molar-refractivity contribution in [2.45, 2.75) is 0 Å². The lowest BCUT2D eigenvalue weighted by Gasteiger charge is -2.13. The van der Waals surface area contributed by atoms with E-state index in [0.29, 0.717) is 17.6 Å². The van der Waals surface area contributed by atoms with Crippen molar-refractivity contribution in [2.75, 3.05) is 0 Å². The summed E-state index contributed by atoms with van der Waals surface area (Å²) in [5.74, 6) is 1.83. The lowest BCUT2D eigenvalue weighted by molar-refractivity contribution is 0.953. The standard InChI is InChI=1S/C45H29N5/c1-5-17-30(18-6-1)40-41-34-25-13-15-27-36(34)49(33-23-11-4-12-24-33)38(41)29-39-42(40)35-26-14-16-28-37(35)50(39)45-47-43(31-19-7-2-8-20-31)46-44(48-45)32-21-9-3-10-22-32/h1-29H. The van der Waals surface area contributed by atoms with Gasteiger partial charge in [-0.15, -0.1) is 0 Å². The highest BCUT2D eigenvalue weighted by atomic mass is 15.2. The highest BCUT2D eigenvalue weighted by Gasteiger charge is 2.25. The number of hydrogen-bond acceptors (Lipinski definition) is 3. The van der Waals surface area contributed by atoms with E-state index in [-0.39, 0.29) is 0 Å². The van der Waals surface area contributed by atoms with Gasteiger partial charge in [0.05, 0.1) is 22.1 Å². The Balaban J connectivity index is 1.41. The summed E-state index contributed by atoms with van der Waals surface area (Å²) in [6.45, 7) is 0. The van der Waals surface area contributed by atoms with Crippen molar-refractivity contribution in [3.63, 3.8) is 0 Å². The maximum atomic E-state index is 5.21. The van der Waals surface area contributed by atoms with Crippen LogP contribution < -0.4 is 0 Å². The number of rotatable bonds is 5. The molecule has 7 aromatic carbocycles. The zero-order valence-electron chi connectivity index (χ0n) is 27.0. The third kappa shape index (κ3) is 4.37. The first-order valence-electron chi connectivity index (χ1n) is 16.8. The molecule has 234 valence electrons. The second-order valence-corrected chi connectivity index (χ2v) is 12.5. The van der Waals surface area contributed by atoms with Crippen LogP contribution in [-0.2, 0) is 0 Å². The van der Waals surface area contributed by atoms with Crippen LogP contribution >= 0.6 is 0 Å². The van der Waals surface area contributed by atoms with Gasteiger partial charge in [-0.1, -0.05) is 146 Å². The Morgan fingerprint density at radius 1 is 0.340 bits per heavy atom. The molecule has 10 rings (SSSR count). The molecule has 10 aromatic rings. The van der Waals surface area contributed by atoms with Gasteiger partial charge in [-0.3, -0.25) is 4.57 Å². The molecule has 3 aromatic heterocycles. The Morgan fingerprint density at radius 3 is 1.30 bits per heavy atom. The van der Waals surface area contributed by atoms with E-state index in [1.807, 2.05) is 36.4 Å². The van der Waals surface area contributed by atoms with Crippen molar-refractivity contribution in [3.8, 4) is 45.5 Å². The van der Waals surface area contributed by atoms with Gasteiger partial charge in [-0.2, -0.15) is 9.97 Å². The van der Waals surface area contributed by atoms with E-state index in [9.17, 15) is 0 Å². The summed E-state index contributed by atoms with van der Waals surface area (Å²) in [5, 5.41) is 4.74. The maximum absolute atomic E-state index is 5.21. The molecule has 0 radical (unpaired) electrons. The van der Waals surface area contributed by atoms with Gasteiger partial charge < -0.3 is 4.57 Å². The van der Waals surface area contributed by atoms with Crippen LogP contribution in [0, 0.1) is 0 Å². The molecule has 0 bridgehead atoms. The number of nitrogens with zero attached hydrogens (tertiary/aromatic N) is 5. The maximum Gasteiger partial charge on any atom is 0.238 e. The summed E-state index contributed by atoms with van der Waals surface area (Å²) in [4.78, 5) is 15.4. The second kappa shape index (κ2) is 11.4. The van der Waals surface area contributed by atoms with Gasteiger partial charge in [-0.25, -0.2) is 4.98 Å². The minimum atomic E-state index is 0.574. The Kier molecular flexibility index (Phi) is 6.42. The van der Waals surface area contributed by atoms with Crippen LogP contribution in [0.2, 0.25) is 0 Å². The molecule has 0 saturated heterocycles. The average molecular weight is 640 g/mol. The van der Waals surface area contributed by atoms with Gasteiger partial charge in [0.15, 0.2) is 11.6 Å². The summed E-state index contributed by atoms with van der Waals surface area (Å²) >= 11 is 0. The molecule has 0 aliphatic carbocycles. The molecule has 0 spiro atoms. The molecule has 3 heterocycles. The van der Waals surface area contributed by atoms with Crippen molar-refractivity contribution in [3.05, 3.63) is 176 Å². The second-order valence-electron chi connectivity index (χ2n) is 12.5. The van der Waals surface area contributed by atoms with Crippen LogP contribution in [0.4, 0.5) is 0 Å². The minimum absolute atomic E-state index is 0.574. The van der Waals surface area contributed by atoms with E-state index in [1.54, 1.807) is 0 Å². The lowest BCUT2D eigenvalue weighted by Crippen LogP contribution is -2.06. The number of benzene rings is 7. The third-order valence-corrected chi connectivity index (χ3v) is 9.56. The topological polar surface area (TPSA) is 48.5 Å². The minimum Gasteiger partial charge on any atom is -0.309 e. The van der Waals surface area contributed by atoms with Crippen LogP contribution in [0.15, 0.2) is 176 Å². The van der Waals surface area contributed by atoms with E-state index in [4.69, 9.17) is 15.0 Å². The Morgan fingerprint density at radius 2 is 0.760 bits per heavy atom. The fourth-order valence-corrected chi connectivity index (χ4v) is 7.43. The predicted octanol–water partition coefficient (Wildman–Crippen LogP) is 11.1. The molecule has 0 aliphatic heterocycles. The van der Waals surface area contributed by atoms with Crippen molar-refractivity contribution < 1.29 is 0 Å². The number of para-hydroxylation sites is 3. The van der Waals surface area contributed by atoms with Gasteiger partial charge in [0, 0.05) is 43.9 Å². The molecule has 0 unspecified atom stereocenters. The summed E-state index contributed by atoms with van der Waals surface area (Å²) in [5.41, 5.74) is 9.68. The SMILES string of the molecule is c1ccc(-c2nc(-c3ccccc3)nc(-n3c4ccccc4c4c(-c5ccccc5)c5c6ccccc6n(-c6ccccc6)c5cc43)n2)cc1. The molecule has 5 nitrogen and oxygen atoms in total. The normalized spacial score (nSPS) is 11.6. The zero-order valence-corrected chi connectivity index (χ0v) is 27.0. The molecule has 50 heavy (non-hydrogen) atoms. The van der Waals surface area contributed by atoms with Crippen LogP contribution in [0.1, 0.15) is 0 Å². The molecule has 0 amide bonds. The zero-order chi connectivity index (χ0) is 33.0. The highest BCUT2D eigenvalue weighted by Crippen LogP contribution is 2.46. The fraction of sp³-hybridized carbons (Fsp3) is 0. The van der Waals surface area contributed by atoms with Crippen LogP contribution in [0.5, 0.6) is 0 Å². The monoisotopic (exact) mass is 639 g/mol. The summed E-state index contributed by atoms with van der Waals surface area (Å²) in [7, 11) is 0. The molecule has 0 aliphatic rings. The summed E-state index contributed by atoms with van der Waals surface area (Å²) in [6, 6.07) is 61.4. The van der Waals surface area contributed by atoms with E-state index in [0.717, 1.165) is 55.2 Å². The van der Waals surface area contributed by atoms with Crippen LogP contribution in [0.3, 0.4) is 0 Å². The van der Waals surface area contributed by atoms with E-state index >= 15 is 0 Å². The molecule has 5 heteroatoms. The average Bonchev–Trinajstić information content (AvgIpc) is 3.71. The van der Waals surface area contributed by atoms with Gasteiger partial charge in [0.1, 0.15) is 0 Å². The van der Waals surface area contributed by atoms with Gasteiger partial charge in [-0.05, 0) is 35.9 Å². The molecular formula is C45H29N5. The molecule has 0 atom stereocenters. The van der Waals surface area contributed by atoms with Crippen molar-refractivity contribution in [1.82, 2.24) is 24.1 Å². The first-order valence-corrected chi connectivity index (χ1v) is 16.8. The Labute approximate surface area is 288 Å². The van der Waals surface area contributed by atoms with Gasteiger partial charge in [0.25, 0.3) is 0 Å². The first-order chi connectivity index (χ1) is 24.8.